The van der Waals surface area contributed by atoms with Gasteiger partial charge in [0.15, 0.2) is 0 Å². The summed E-state index contributed by atoms with van der Waals surface area (Å²) in [5, 5.41) is 9.92. The van der Waals surface area contributed by atoms with Gasteiger partial charge in [-0.1, -0.05) is 6.58 Å². The van der Waals surface area contributed by atoms with E-state index < -0.39 is 6.17 Å². The third-order valence-electron chi connectivity index (χ3n) is 7.36. The van der Waals surface area contributed by atoms with E-state index in [9.17, 15) is 9.18 Å². The van der Waals surface area contributed by atoms with Gasteiger partial charge in [0.2, 0.25) is 5.91 Å². The second-order valence-corrected chi connectivity index (χ2v) is 9.26. The zero-order valence-electron chi connectivity index (χ0n) is 17.1. The molecule has 5 unspecified atom stereocenters. The molecule has 0 radical (unpaired) electrons. The Balaban J connectivity index is 1.44. The topological polar surface area (TPSA) is 59.6 Å². The lowest BCUT2D eigenvalue weighted by molar-refractivity contribution is -0.128. The molecule has 4 aliphatic rings. The normalized spacial score (nSPS) is 42.2. The van der Waals surface area contributed by atoms with E-state index in [-0.39, 0.29) is 12.1 Å². The van der Waals surface area contributed by atoms with E-state index in [2.05, 4.69) is 34.7 Å². The monoisotopic (exact) mass is 393 g/mol. The van der Waals surface area contributed by atoms with Crippen LogP contribution in [-0.2, 0) is 4.79 Å². The van der Waals surface area contributed by atoms with E-state index in [0.717, 1.165) is 51.7 Å². The fraction of sp³-hybridized carbons (Fsp3) is 0.857. The summed E-state index contributed by atoms with van der Waals surface area (Å²) in [6.07, 6.45) is 7.67. The molecule has 1 aliphatic carbocycles. The highest BCUT2D eigenvalue weighted by Crippen LogP contribution is 2.33. The number of likely N-dealkylation sites (tertiary alicyclic amines) is 1. The Morgan fingerprint density at radius 1 is 1.11 bits per heavy atom. The van der Waals surface area contributed by atoms with Gasteiger partial charge < -0.3 is 4.90 Å². The van der Waals surface area contributed by atoms with Gasteiger partial charge in [-0.3, -0.25) is 20.9 Å². The molecule has 3 saturated heterocycles. The number of hydrogen-bond donors (Lipinski definition) is 3. The van der Waals surface area contributed by atoms with Gasteiger partial charge in [-0.05, 0) is 62.9 Å². The first-order valence-electron chi connectivity index (χ1n) is 11.1. The maximum Gasteiger partial charge on any atom is 0.246 e. The molecule has 3 N–H and O–H groups in total. The van der Waals surface area contributed by atoms with Crippen LogP contribution < -0.4 is 16.1 Å². The summed E-state index contributed by atoms with van der Waals surface area (Å²) in [7, 11) is 2.11. The van der Waals surface area contributed by atoms with Gasteiger partial charge in [-0.15, -0.1) is 0 Å². The van der Waals surface area contributed by atoms with Crippen LogP contribution in [0.25, 0.3) is 0 Å². The highest BCUT2D eigenvalue weighted by molar-refractivity contribution is 5.87. The molecule has 5 atom stereocenters. The Kier molecular flexibility index (Phi) is 6.35. The molecule has 7 heteroatoms. The van der Waals surface area contributed by atoms with Crippen LogP contribution in [0.2, 0.25) is 0 Å². The molecule has 158 valence electrons. The number of nitrogens with one attached hydrogen (secondary N) is 3. The molecule has 0 bridgehead atoms. The number of piperidine rings is 1. The first kappa shape index (κ1) is 20.3. The number of rotatable bonds is 4. The molecule has 3 heterocycles. The van der Waals surface area contributed by atoms with E-state index in [4.69, 9.17) is 0 Å². The quantitative estimate of drug-likeness (QED) is 0.631. The zero-order chi connectivity index (χ0) is 19.7. The molecule has 0 aromatic rings. The van der Waals surface area contributed by atoms with Crippen molar-refractivity contribution >= 4 is 5.91 Å². The lowest BCUT2D eigenvalue weighted by Gasteiger charge is -2.51. The molecule has 28 heavy (non-hydrogen) atoms. The molecular weight excluding hydrogens is 357 g/mol. The molecule has 3 aliphatic heterocycles. The first-order chi connectivity index (χ1) is 13.5. The van der Waals surface area contributed by atoms with Gasteiger partial charge in [-0.2, -0.15) is 0 Å². The van der Waals surface area contributed by atoms with E-state index in [0.29, 0.717) is 42.8 Å². The Morgan fingerprint density at radius 2 is 1.89 bits per heavy atom. The summed E-state index contributed by atoms with van der Waals surface area (Å²) < 4.78 is 13.5. The standard InChI is InChI=1S/C21H36FN5O/c1-3-20(28)27-11-8-16-18(13-27)23-19(12-14-4-6-15(22)7-5-14)24-21(16)17-9-10-26(2)25-17/h3,14-19,21,23-25H,1,4-13H2,2H3. The average molecular weight is 394 g/mol. The maximum absolute atomic E-state index is 13.5. The summed E-state index contributed by atoms with van der Waals surface area (Å²) in [6, 6.07) is 1.14. The largest absolute Gasteiger partial charge is 0.338 e. The van der Waals surface area contributed by atoms with Gasteiger partial charge in [0.1, 0.15) is 6.17 Å². The van der Waals surface area contributed by atoms with Crippen LogP contribution in [0, 0.1) is 11.8 Å². The minimum absolute atomic E-state index is 0.0341. The summed E-state index contributed by atoms with van der Waals surface area (Å²) in [6.45, 7) is 6.28. The Bertz CT molecular complexity index is 567. The minimum Gasteiger partial charge on any atom is -0.338 e. The van der Waals surface area contributed by atoms with Crippen molar-refractivity contribution in [3.05, 3.63) is 12.7 Å². The van der Waals surface area contributed by atoms with Gasteiger partial charge in [-0.25, -0.2) is 9.40 Å². The Hall–Kier alpha value is -1.02. The van der Waals surface area contributed by atoms with Gasteiger partial charge >= 0.3 is 0 Å². The predicted molar refractivity (Wildman–Crippen MR) is 108 cm³/mol. The van der Waals surface area contributed by atoms with Crippen LogP contribution >= 0.6 is 0 Å². The smallest absolute Gasteiger partial charge is 0.246 e. The van der Waals surface area contributed by atoms with Crippen molar-refractivity contribution in [2.45, 2.75) is 75.4 Å². The van der Waals surface area contributed by atoms with Crippen molar-refractivity contribution in [2.24, 2.45) is 11.8 Å². The number of alkyl halides is 1. The lowest BCUT2D eigenvalue weighted by atomic mass is 9.77. The lowest BCUT2D eigenvalue weighted by Crippen LogP contribution is -2.71. The molecule has 0 aromatic heterocycles. The molecule has 1 amide bonds. The molecule has 4 fully saturated rings. The van der Waals surface area contributed by atoms with Crippen molar-refractivity contribution in [1.29, 1.82) is 0 Å². The maximum atomic E-state index is 13.5. The van der Waals surface area contributed by atoms with Crippen LogP contribution in [0.4, 0.5) is 4.39 Å². The number of halogens is 1. The van der Waals surface area contributed by atoms with Crippen LogP contribution in [-0.4, -0.2) is 73.0 Å². The highest BCUT2D eigenvalue weighted by Gasteiger charge is 2.45. The van der Waals surface area contributed by atoms with Gasteiger partial charge in [0, 0.05) is 44.8 Å². The summed E-state index contributed by atoms with van der Waals surface area (Å²) in [5.74, 6) is 1.13. The number of nitrogens with zero attached hydrogens (tertiary/aromatic N) is 2. The molecule has 0 aromatic carbocycles. The number of hydrogen-bond acceptors (Lipinski definition) is 5. The van der Waals surface area contributed by atoms with Crippen molar-refractivity contribution in [1.82, 2.24) is 26.0 Å². The Morgan fingerprint density at radius 3 is 2.57 bits per heavy atom. The SMILES string of the molecule is C=CC(=O)N1CCC2C(C1)NC(CC1CCC(F)CC1)NC2C1CCN(C)N1. The summed E-state index contributed by atoms with van der Waals surface area (Å²) >= 11 is 0. The summed E-state index contributed by atoms with van der Waals surface area (Å²) in [4.78, 5) is 14.1. The molecule has 6 nitrogen and oxygen atoms in total. The molecule has 1 saturated carbocycles. The number of hydrazine groups is 1. The van der Waals surface area contributed by atoms with Crippen LogP contribution in [0.3, 0.4) is 0 Å². The molecule has 0 spiro atoms. The third-order valence-corrected chi connectivity index (χ3v) is 7.36. The van der Waals surface area contributed by atoms with Crippen LogP contribution in [0.5, 0.6) is 0 Å². The van der Waals surface area contributed by atoms with Gasteiger partial charge in [0.25, 0.3) is 0 Å². The minimum atomic E-state index is -0.601. The first-order valence-corrected chi connectivity index (χ1v) is 11.1. The third kappa shape index (κ3) is 4.42. The molecular formula is C21H36FN5O. The predicted octanol–water partition coefficient (Wildman–Crippen LogP) is 1.40. The number of carbonyl (C=O) groups is 1. The fourth-order valence-electron chi connectivity index (χ4n) is 5.81. The zero-order valence-corrected chi connectivity index (χ0v) is 17.1. The second-order valence-electron chi connectivity index (χ2n) is 9.26. The second kappa shape index (κ2) is 8.78. The number of carbonyl (C=O) groups excluding carboxylic acids is 1. The average Bonchev–Trinajstić information content (AvgIpc) is 3.14. The van der Waals surface area contributed by atoms with Gasteiger partial charge in [0.05, 0.1) is 6.17 Å². The fourth-order valence-corrected chi connectivity index (χ4v) is 5.81. The van der Waals surface area contributed by atoms with E-state index in [1.165, 1.54) is 6.08 Å². The van der Waals surface area contributed by atoms with Crippen molar-refractivity contribution < 1.29 is 9.18 Å². The number of amides is 1. The number of fused-ring (bicyclic) bond motifs is 1. The van der Waals surface area contributed by atoms with E-state index in [1.807, 2.05) is 4.90 Å². The highest BCUT2D eigenvalue weighted by atomic mass is 19.1. The van der Waals surface area contributed by atoms with E-state index in [1.54, 1.807) is 0 Å². The van der Waals surface area contributed by atoms with Crippen LogP contribution in [0.1, 0.15) is 44.9 Å². The molecule has 4 rings (SSSR count). The Labute approximate surface area is 168 Å². The van der Waals surface area contributed by atoms with Crippen LogP contribution in [0.15, 0.2) is 12.7 Å². The summed E-state index contributed by atoms with van der Waals surface area (Å²) in [5.41, 5.74) is 3.63. The van der Waals surface area contributed by atoms with Crippen molar-refractivity contribution in [3.63, 3.8) is 0 Å². The van der Waals surface area contributed by atoms with Crippen molar-refractivity contribution in [3.8, 4) is 0 Å². The van der Waals surface area contributed by atoms with Crippen molar-refractivity contribution in [2.75, 3.05) is 26.7 Å². The van der Waals surface area contributed by atoms with E-state index >= 15 is 0 Å².